The second kappa shape index (κ2) is 6.10. The van der Waals surface area contributed by atoms with Crippen molar-refractivity contribution in [2.75, 3.05) is 11.6 Å². The molecule has 0 saturated carbocycles. The fraction of sp³-hybridized carbons (Fsp3) is 0.333. The summed E-state index contributed by atoms with van der Waals surface area (Å²) < 4.78 is 25.3. The molecule has 0 aliphatic carbocycles. The van der Waals surface area contributed by atoms with Gasteiger partial charge in [0.05, 0.1) is 22.1 Å². The molecule has 0 saturated heterocycles. The summed E-state index contributed by atoms with van der Waals surface area (Å²) in [4.78, 5) is 13.9. The van der Waals surface area contributed by atoms with Crippen LogP contribution in [0.5, 0.6) is 0 Å². The van der Waals surface area contributed by atoms with Crippen molar-refractivity contribution in [1.29, 1.82) is 0 Å². The minimum Gasteiger partial charge on any atom is -0.380 e. The Morgan fingerprint density at radius 1 is 1.45 bits per heavy atom. The van der Waals surface area contributed by atoms with Gasteiger partial charge in [-0.3, -0.25) is 14.8 Å². The van der Waals surface area contributed by atoms with Crippen LogP contribution in [0.1, 0.15) is 6.92 Å². The summed E-state index contributed by atoms with van der Waals surface area (Å²) in [6, 6.07) is 3.56. The Morgan fingerprint density at radius 3 is 2.73 bits per heavy atom. The van der Waals surface area contributed by atoms with Crippen LogP contribution in [0.3, 0.4) is 0 Å². The van der Waals surface area contributed by atoms with Crippen LogP contribution < -0.4 is 5.32 Å². The normalized spacial score (nSPS) is 12.8. The minimum atomic E-state index is -3.60. The molecule has 0 aliphatic rings. The summed E-state index contributed by atoms with van der Waals surface area (Å²) in [5, 5.41) is 17.8. The van der Waals surface area contributed by atoms with E-state index in [-0.39, 0.29) is 16.6 Å². The largest absolute Gasteiger partial charge is 0.380 e. The lowest BCUT2D eigenvalue weighted by molar-refractivity contribution is -0.385. The van der Waals surface area contributed by atoms with Crippen LogP contribution in [-0.2, 0) is 16.4 Å². The van der Waals surface area contributed by atoms with E-state index in [0.717, 1.165) is 12.3 Å². The highest BCUT2D eigenvalue weighted by molar-refractivity contribution is 7.90. The molecule has 0 fully saturated rings. The van der Waals surface area contributed by atoms with Crippen LogP contribution in [0.25, 0.3) is 0 Å². The maximum atomic E-state index is 11.8. The molecule has 0 bridgehead atoms. The van der Waals surface area contributed by atoms with Gasteiger partial charge in [0.25, 0.3) is 5.69 Å². The van der Waals surface area contributed by atoms with Gasteiger partial charge in [0.2, 0.25) is 0 Å². The number of non-ortho nitro benzene ring substituents is 1. The van der Waals surface area contributed by atoms with Crippen molar-refractivity contribution in [3.63, 3.8) is 0 Å². The van der Waals surface area contributed by atoms with Gasteiger partial charge in [0.15, 0.2) is 9.84 Å². The lowest BCUT2D eigenvalue weighted by atomic mass is 10.2. The number of rotatable bonds is 6. The van der Waals surface area contributed by atoms with Crippen LogP contribution in [0, 0.1) is 10.1 Å². The molecule has 1 heterocycles. The van der Waals surface area contributed by atoms with Gasteiger partial charge in [-0.15, -0.1) is 0 Å². The van der Waals surface area contributed by atoms with E-state index in [1.165, 1.54) is 18.5 Å². The minimum absolute atomic E-state index is 0.104. The summed E-state index contributed by atoms with van der Waals surface area (Å²) in [5.41, 5.74) is 0.0515. The number of nitrogens with one attached hydrogen (secondary N) is 1. The molecular formula is C12H15N5O4S. The smallest absolute Gasteiger partial charge is 0.270 e. The molecular weight excluding hydrogens is 310 g/mol. The zero-order valence-corrected chi connectivity index (χ0v) is 12.8. The van der Waals surface area contributed by atoms with Crippen LogP contribution in [0.4, 0.5) is 11.4 Å². The van der Waals surface area contributed by atoms with Crippen molar-refractivity contribution in [1.82, 2.24) is 14.8 Å². The van der Waals surface area contributed by atoms with E-state index >= 15 is 0 Å². The van der Waals surface area contributed by atoms with Crippen LogP contribution in [-0.4, -0.2) is 40.4 Å². The molecule has 0 spiro atoms. The lowest BCUT2D eigenvalue weighted by Crippen LogP contribution is -2.23. The molecule has 10 heteroatoms. The van der Waals surface area contributed by atoms with Gasteiger partial charge in [-0.05, 0) is 13.0 Å². The molecule has 0 aliphatic heterocycles. The first-order valence-corrected chi connectivity index (χ1v) is 8.24. The van der Waals surface area contributed by atoms with Gasteiger partial charge < -0.3 is 5.32 Å². The average molecular weight is 325 g/mol. The second-order valence-corrected chi connectivity index (χ2v) is 6.86. The molecule has 1 unspecified atom stereocenters. The zero-order chi connectivity index (χ0) is 16.3. The molecule has 1 aromatic carbocycles. The number of sulfone groups is 1. The van der Waals surface area contributed by atoms with Crippen LogP contribution in [0.2, 0.25) is 0 Å². The highest BCUT2D eigenvalue weighted by atomic mass is 32.2. The third-order valence-electron chi connectivity index (χ3n) is 2.90. The Morgan fingerprint density at radius 2 is 2.18 bits per heavy atom. The Kier molecular flexibility index (Phi) is 4.40. The summed E-state index contributed by atoms with van der Waals surface area (Å²) >= 11 is 0. The Labute approximate surface area is 127 Å². The van der Waals surface area contributed by atoms with Gasteiger partial charge in [-0.25, -0.2) is 13.4 Å². The monoisotopic (exact) mass is 325 g/mol. The van der Waals surface area contributed by atoms with Gasteiger partial charge in [-0.1, -0.05) is 0 Å². The quantitative estimate of drug-likeness (QED) is 0.623. The standard InChI is InChI=1S/C12H15N5O4S/c1-9(6-16-8-13-7-14-16)15-11-4-3-10(17(18)19)5-12(11)22(2,20)21/h3-5,7-9,15H,6H2,1-2H3. The highest BCUT2D eigenvalue weighted by Crippen LogP contribution is 2.27. The van der Waals surface area contributed by atoms with E-state index in [4.69, 9.17) is 0 Å². The Balaban J connectivity index is 2.28. The number of aromatic nitrogens is 3. The Hall–Kier alpha value is -2.49. The first kappa shape index (κ1) is 15.9. The molecule has 22 heavy (non-hydrogen) atoms. The third-order valence-corrected chi connectivity index (χ3v) is 4.04. The molecule has 9 nitrogen and oxygen atoms in total. The fourth-order valence-electron chi connectivity index (χ4n) is 1.97. The number of benzene rings is 1. The predicted octanol–water partition coefficient (Wildman–Crippen LogP) is 1.09. The number of hydrogen-bond donors (Lipinski definition) is 1. The Bertz CT molecular complexity index is 773. The van der Waals surface area contributed by atoms with Gasteiger partial charge in [-0.2, -0.15) is 5.10 Å². The molecule has 118 valence electrons. The third kappa shape index (κ3) is 3.79. The number of nitrogens with zero attached hydrogens (tertiary/aromatic N) is 4. The van der Waals surface area contributed by atoms with E-state index in [2.05, 4.69) is 15.4 Å². The first-order chi connectivity index (χ1) is 10.3. The van der Waals surface area contributed by atoms with E-state index in [9.17, 15) is 18.5 Å². The fourth-order valence-corrected chi connectivity index (χ4v) is 2.83. The van der Waals surface area contributed by atoms with E-state index in [1.54, 1.807) is 11.0 Å². The van der Waals surface area contributed by atoms with Crippen LogP contribution >= 0.6 is 0 Å². The highest BCUT2D eigenvalue weighted by Gasteiger charge is 2.19. The van der Waals surface area contributed by atoms with E-state index in [1.807, 2.05) is 6.92 Å². The van der Waals surface area contributed by atoms with Gasteiger partial charge >= 0.3 is 0 Å². The summed E-state index contributed by atoms with van der Waals surface area (Å²) in [5.74, 6) is 0. The maximum absolute atomic E-state index is 11.8. The van der Waals surface area contributed by atoms with E-state index in [0.29, 0.717) is 12.2 Å². The molecule has 1 aromatic heterocycles. The number of nitro benzene ring substituents is 1. The molecule has 2 aromatic rings. The first-order valence-electron chi connectivity index (χ1n) is 6.35. The number of nitro groups is 1. The van der Waals surface area contributed by atoms with Gasteiger partial charge in [0.1, 0.15) is 12.7 Å². The van der Waals surface area contributed by atoms with Crippen molar-refractivity contribution < 1.29 is 13.3 Å². The SMILES string of the molecule is CC(Cn1cncn1)Nc1ccc([N+](=O)[O-])cc1S(C)(=O)=O. The zero-order valence-electron chi connectivity index (χ0n) is 12.0. The summed E-state index contributed by atoms with van der Waals surface area (Å²) in [6.07, 6.45) is 3.96. The van der Waals surface area contributed by atoms with Crippen molar-refractivity contribution in [2.24, 2.45) is 0 Å². The second-order valence-electron chi connectivity index (χ2n) is 4.87. The predicted molar refractivity (Wildman–Crippen MR) is 79.3 cm³/mol. The van der Waals surface area contributed by atoms with Crippen molar-refractivity contribution in [2.45, 2.75) is 24.4 Å². The van der Waals surface area contributed by atoms with E-state index < -0.39 is 14.8 Å². The molecule has 1 atom stereocenters. The lowest BCUT2D eigenvalue weighted by Gasteiger charge is -2.17. The topological polar surface area (TPSA) is 120 Å². The van der Waals surface area contributed by atoms with Crippen LogP contribution in [0.15, 0.2) is 35.7 Å². The van der Waals surface area contributed by atoms with Crippen molar-refractivity contribution >= 4 is 21.2 Å². The average Bonchev–Trinajstić information content (AvgIpc) is 2.90. The molecule has 2 rings (SSSR count). The number of anilines is 1. The molecule has 0 amide bonds. The molecule has 0 radical (unpaired) electrons. The maximum Gasteiger partial charge on any atom is 0.270 e. The van der Waals surface area contributed by atoms with Crippen molar-refractivity contribution in [3.8, 4) is 0 Å². The van der Waals surface area contributed by atoms with Crippen molar-refractivity contribution in [3.05, 3.63) is 41.0 Å². The molecule has 1 N–H and O–H groups in total. The summed E-state index contributed by atoms with van der Waals surface area (Å²) in [6.45, 7) is 2.31. The van der Waals surface area contributed by atoms with Gasteiger partial charge in [0, 0.05) is 24.4 Å². The number of hydrogen-bond acceptors (Lipinski definition) is 7. The summed E-state index contributed by atoms with van der Waals surface area (Å²) in [7, 11) is -3.60.